The van der Waals surface area contributed by atoms with Gasteiger partial charge in [0.25, 0.3) is 0 Å². The van der Waals surface area contributed by atoms with Crippen molar-refractivity contribution in [2.75, 3.05) is 19.6 Å². The highest BCUT2D eigenvalue weighted by molar-refractivity contribution is 5.27. The molecule has 4 rings (SSSR count). The zero-order valence-electron chi connectivity index (χ0n) is 14.0. The second-order valence-corrected chi connectivity index (χ2v) is 7.83. The van der Waals surface area contributed by atoms with E-state index in [1.807, 2.05) is 0 Å². The van der Waals surface area contributed by atoms with Crippen molar-refractivity contribution in [2.24, 2.45) is 17.8 Å². The Balaban J connectivity index is 1.55. The zero-order chi connectivity index (χ0) is 15.7. The van der Waals surface area contributed by atoms with Crippen LogP contribution in [-0.4, -0.2) is 29.6 Å². The molecule has 0 spiro atoms. The van der Waals surface area contributed by atoms with Crippen molar-refractivity contribution in [3.63, 3.8) is 0 Å². The Labute approximate surface area is 140 Å². The lowest BCUT2D eigenvalue weighted by Gasteiger charge is -2.40. The van der Waals surface area contributed by atoms with Gasteiger partial charge in [0.2, 0.25) is 0 Å². The fraction of sp³-hybridized carbons (Fsp3) is 0.619. The summed E-state index contributed by atoms with van der Waals surface area (Å²) in [5.41, 5.74) is 0.464. The van der Waals surface area contributed by atoms with E-state index in [-0.39, 0.29) is 0 Å². The van der Waals surface area contributed by atoms with Gasteiger partial charge in [0.15, 0.2) is 0 Å². The predicted molar refractivity (Wildman–Crippen MR) is 94.1 cm³/mol. The Hall–Kier alpha value is -1.12. The fourth-order valence-electron chi connectivity index (χ4n) is 5.11. The van der Waals surface area contributed by atoms with Crippen LogP contribution in [-0.2, 0) is 5.60 Å². The van der Waals surface area contributed by atoms with Crippen molar-refractivity contribution in [2.45, 2.75) is 44.1 Å². The number of aliphatic hydroxyl groups is 1. The van der Waals surface area contributed by atoms with Gasteiger partial charge in [-0.3, -0.25) is 0 Å². The second-order valence-electron chi connectivity index (χ2n) is 7.83. The summed E-state index contributed by atoms with van der Waals surface area (Å²) in [4.78, 5) is 2.56. The van der Waals surface area contributed by atoms with Crippen LogP contribution in [0.5, 0.6) is 0 Å². The first-order chi connectivity index (χ1) is 11.3. The minimum atomic E-state index is -0.664. The number of nitrogens with zero attached hydrogens (tertiary/aromatic N) is 1. The summed E-state index contributed by atoms with van der Waals surface area (Å²) in [6, 6.07) is 10.5. The first kappa shape index (κ1) is 15.4. The van der Waals surface area contributed by atoms with E-state index in [1.165, 1.54) is 38.8 Å². The summed E-state index contributed by atoms with van der Waals surface area (Å²) in [7, 11) is 0. The Bertz CT molecular complexity index is 548. The van der Waals surface area contributed by atoms with E-state index >= 15 is 0 Å². The summed E-state index contributed by atoms with van der Waals surface area (Å²) < 4.78 is 0. The predicted octanol–water partition coefficient (Wildman–Crippen LogP) is 3.96. The number of fused-ring (bicyclic) bond motifs is 2. The number of hydrogen-bond donors (Lipinski definition) is 1. The van der Waals surface area contributed by atoms with Gasteiger partial charge in [0, 0.05) is 6.54 Å². The van der Waals surface area contributed by atoms with Crippen molar-refractivity contribution in [3.05, 3.63) is 48.0 Å². The van der Waals surface area contributed by atoms with E-state index in [0.29, 0.717) is 17.8 Å². The van der Waals surface area contributed by atoms with E-state index in [2.05, 4.69) is 47.4 Å². The molecule has 0 radical (unpaired) electrons. The van der Waals surface area contributed by atoms with Crippen LogP contribution in [0.15, 0.2) is 42.5 Å². The van der Waals surface area contributed by atoms with Gasteiger partial charge in [-0.25, -0.2) is 0 Å². The highest BCUT2D eigenvalue weighted by Crippen LogP contribution is 2.52. The molecular formula is C21H29NO. The van der Waals surface area contributed by atoms with Crippen LogP contribution in [0.3, 0.4) is 0 Å². The standard InChI is InChI=1S/C21H29NO/c23-21(19-7-3-1-4-8-19,11-14-22-12-5-2-6-13-22)20-16-17-9-10-18(20)15-17/h1,3-4,7-10,17-18,20,23H,2,5-6,11-16H2/t17-,18-,20-,21-/m0/s1. The van der Waals surface area contributed by atoms with E-state index in [0.717, 1.165) is 24.9 Å². The summed E-state index contributed by atoms with van der Waals surface area (Å²) in [6.07, 6.45) is 12.0. The molecule has 2 fully saturated rings. The van der Waals surface area contributed by atoms with Gasteiger partial charge < -0.3 is 10.0 Å². The van der Waals surface area contributed by atoms with Gasteiger partial charge in [0.05, 0.1) is 5.60 Å². The quantitative estimate of drug-likeness (QED) is 0.832. The number of allylic oxidation sites excluding steroid dienone is 2. The molecule has 1 aromatic carbocycles. The average Bonchev–Trinajstić information content (AvgIpc) is 3.25. The van der Waals surface area contributed by atoms with Gasteiger partial charge >= 0.3 is 0 Å². The first-order valence-electron chi connectivity index (χ1n) is 9.44. The highest BCUT2D eigenvalue weighted by atomic mass is 16.3. The van der Waals surface area contributed by atoms with Crippen molar-refractivity contribution in [3.8, 4) is 0 Å². The van der Waals surface area contributed by atoms with Crippen LogP contribution in [0.2, 0.25) is 0 Å². The van der Waals surface area contributed by atoms with Crippen molar-refractivity contribution in [1.82, 2.24) is 4.90 Å². The summed E-state index contributed by atoms with van der Waals surface area (Å²) in [6.45, 7) is 3.45. The lowest BCUT2D eigenvalue weighted by molar-refractivity contribution is -0.0495. The van der Waals surface area contributed by atoms with Crippen LogP contribution >= 0.6 is 0 Å². The minimum Gasteiger partial charge on any atom is -0.385 e. The minimum absolute atomic E-state index is 0.393. The Kier molecular flexibility index (Phi) is 4.29. The third kappa shape index (κ3) is 2.99. The normalized spacial score (nSPS) is 33.0. The molecule has 1 aromatic rings. The fourth-order valence-corrected chi connectivity index (χ4v) is 5.11. The molecule has 2 aliphatic carbocycles. The van der Waals surface area contributed by atoms with Crippen LogP contribution < -0.4 is 0 Å². The molecule has 0 amide bonds. The third-order valence-electron chi connectivity index (χ3n) is 6.42. The molecule has 0 unspecified atom stereocenters. The maximum Gasteiger partial charge on any atom is 0.0942 e. The summed E-state index contributed by atoms with van der Waals surface area (Å²) >= 11 is 0. The number of likely N-dealkylation sites (tertiary alicyclic amines) is 1. The van der Waals surface area contributed by atoms with Crippen LogP contribution in [0, 0.1) is 17.8 Å². The maximum atomic E-state index is 11.8. The molecule has 1 aliphatic heterocycles. The molecule has 0 aromatic heterocycles. The molecule has 3 aliphatic rings. The molecule has 2 heteroatoms. The number of piperidine rings is 1. The lowest BCUT2D eigenvalue weighted by atomic mass is 9.72. The zero-order valence-corrected chi connectivity index (χ0v) is 14.0. The molecule has 2 nitrogen and oxygen atoms in total. The first-order valence-corrected chi connectivity index (χ1v) is 9.44. The second kappa shape index (κ2) is 6.41. The molecule has 1 N–H and O–H groups in total. The van der Waals surface area contributed by atoms with Gasteiger partial charge in [-0.05, 0) is 68.5 Å². The number of benzene rings is 1. The van der Waals surface area contributed by atoms with E-state index in [1.54, 1.807) is 0 Å². The molecule has 1 heterocycles. The van der Waals surface area contributed by atoms with Crippen LogP contribution in [0.25, 0.3) is 0 Å². The maximum absolute atomic E-state index is 11.8. The van der Waals surface area contributed by atoms with Gasteiger partial charge in [-0.2, -0.15) is 0 Å². The van der Waals surface area contributed by atoms with Crippen molar-refractivity contribution in [1.29, 1.82) is 0 Å². The van der Waals surface area contributed by atoms with E-state index in [9.17, 15) is 5.11 Å². The molecular weight excluding hydrogens is 282 g/mol. The molecule has 1 saturated carbocycles. The van der Waals surface area contributed by atoms with Crippen molar-refractivity contribution >= 4 is 0 Å². The number of rotatable bonds is 5. The topological polar surface area (TPSA) is 23.5 Å². The SMILES string of the molecule is O[C@@](CCN1CCCCC1)(c1ccccc1)[C@H]1C[C@H]2C=C[C@H]1C2. The van der Waals surface area contributed by atoms with E-state index in [4.69, 9.17) is 0 Å². The van der Waals surface area contributed by atoms with Crippen LogP contribution in [0.1, 0.15) is 44.1 Å². The Morgan fingerprint density at radius 3 is 2.43 bits per heavy atom. The summed E-state index contributed by atoms with van der Waals surface area (Å²) in [5, 5.41) is 11.8. The molecule has 23 heavy (non-hydrogen) atoms. The van der Waals surface area contributed by atoms with Crippen molar-refractivity contribution < 1.29 is 5.11 Å². The Morgan fingerprint density at radius 1 is 1.00 bits per heavy atom. The Morgan fingerprint density at radius 2 is 1.78 bits per heavy atom. The van der Waals surface area contributed by atoms with Gasteiger partial charge in [0.1, 0.15) is 0 Å². The third-order valence-corrected chi connectivity index (χ3v) is 6.42. The molecule has 4 atom stereocenters. The average molecular weight is 311 g/mol. The monoisotopic (exact) mass is 311 g/mol. The largest absolute Gasteiger partial charge is 0.385 e. The van der Waals surface area contributed by atoms with E-state index < -0.39 is 5.60 Å². The van der Waals surface area contributed by atoms with Gasteiger partial charge in [-0.15, -0.1) is 0 Å². The lowest BCUT2D eigenvalue weighted by Crippen LogP contribution is -2.42. The van der Waals surface area contributed by atoms with Crippen LogP contribution in [0.4, 0.5) is 0 Å². The summed E-state index contributed by atoms with van der Waals surface area (Å²) in [5.74, 6) is 1.67. The molecule has 2 bridgehead atoms. The number of hydrogen-bond acceptors (Lipinski definition) is 2. The highest BCUT2D eigenvalue weighted by Gasteiger charge is 2.48. The smallest absolute Gasteiger partial charge is 0.0942 e. The molecule has 124 valence electrons. The van der Waals surface area contributed by atoms with Gasteiger partial charge in [-0.1, -0.05) is 48.9 Å². The molecule has 1 saturated heterocycles.